The zero-order valence-electron chi connectivity index (χ0n) is 16.6. The van der Waals surface area contributed by atoms with Crippen LogP contribution in [0.25, 0.3) is 0 Å². The molecule has 1 aliphatic rings. The number of ether oxygens (including phenoxy) is 1. The minimum absolute atomic E-state index is 0.0416. The van der Waals surface area contributed by atoms with E-state index >= 15 is 0 Å². The predicted molar refractivity (Wildman–Crippen MR) is 110 cm³/mol. The van der Waals surface area contributed by atoms with Gasteiger partial charge in [-0.25, -0.2) is 4.39 Å². The Kier molecular flexibility index (Phi) is 7.00. The van der Waals surface area contributed by atoms with Crippen molar-refractivity contribution >= 4 is 23.4 Å². The molecule has 1 aliphatic carbocycles. The lowest BCUT2D eigenvalue weighted by molar-refractivity contribution is -0.122. The molecule has 1 atom stereocenters. The maximum Gasteiger partial charge on any atom is 0.265 e. The summed E-state index contributed by atoms with van der Waals surface area (Å²) in [6, 6.07) is 12.0. The molecule has 3 rings (SSSR count). The average molecular weight is 413 g/mol. The second kappa shape index (κ2) is 9.87. The van der Waals surface area contributed by atoms with Crippen molar-refractivity contribution < 1.29 is 23.5 Å². The molecule has 8 heteroatoms. The highest BCUT2D eigenvalue weighted by Gasteiger charge is 2.29. The van der Waals surface area contributed by atoms with Crippen LogP contribution in [-0.2, 0) is 9.59 Å². The molecule has 3 N–H and O–H groups in total. The number of rotatable bonds is 9. The maximum absolute atomic E-state index is 13.2. The van der Waals surface area contributed by atoms with Crippen LogP contribution < -0.4 is 20.7 Å². The van der Waals surface area contributed by atoms with E-state index in [1.54, 1.807) is 37.3 Å². The predicted octanol–water partition coefficient (Wildman–Crippen LogP) is 2.49. The topological polar surface area (TPSA) is 96.5 Å². The van der Waals surface area contributed by atoms with E-state index < -0.39 is 17.8 Å². The monoisotopic (exact) mass is 413 g/mol. The Bertz CT molecular complexity index is 913. The van der Waals surface area contributed by atoms with Gasteiger partial charge in [-0.3, -0.25) is 14.4 Å². The Morgan fingerprint density at radius 3 is 2.43 bits per heavy atom. The summed E-state index contributed by atoms with van der Waals surface area (Å²) >= 11 is 0. The SMILES string of the molecule is CC(Oc1cccc(F)c1)C(=O)Nc1ccc(C(=O)NCCNC(=O)C2CC2)cc1. The minimum Gasteiger partial charge on any atom is -0.481 e. The molecule has 1 fully saturated rings. The van der Waals surface area contributed by atoms with Crippen molar-refractivity contribution in [1.82, 2.24) is 10.6 Å². The molecule has 7 nitrogen and oxygen atoms in total. The molecule has 1 saturated carbocycles. The molecule has 0 aliphatic heterocycles. The van der Waals surface area contributed by atoms with Crippen molar-refractivity contribution in [3.8, 4) is 5.75 Å². The number of nitrogens with one attached hydrogen (secondary N) is 3. The maximum atomic E-state index is 13.2. The van der Waals surface area contributed by atoms with Gasteiger partial charge in [-0.15, -0.1) is 0 Å². The zero-order valence-corrected chi connectivity index (χ0v) is 16.6. The molecule has 3 amide bonds. The lowest BCUT2D eigenvalue weighted by Gasteiger charge is -2.15. The largest absolute Gasteiger partial charge is 0.481 e. The third-order valence-electron chi connectivity index (χ3n) is 4.55. The summed E-state index contributed by atoms with van der Waals surface area (Å²) in [6.07, 6.45) is 1.05. The molecular formula is C22H24FN3O4. The first-order chi connectivity index (χ1) is 14.4. The van der Waals surface area contributed by atoms with Gasteiger partial charge in [0.1, 0.15) is 11.6 Å². The molecule has 2 aromatic carbocycles. The Labute approximate surface area is 174 Å². The molecule has 0 bridgehead atoms. The first-order valence-corrected chi connectivity index (χ1v) is 9.81. The standard InChI is InChI=1S/C22H24FN3O4/c1-14(30-19-4-2-3-17(23)13-19)20(27)26-18-9-7-16(8-10-18)22(29)25-12-11-24-21(28)15-5-6-15/h2-4,7-10,13-15H,5-6,11-12H2,1H3,(H,24,28)(H,25,29)(H,26,27). The van der Waals surface area contributed by atoms with E-state index in [1.165, 1.54) is 18.2 Å². The fourth-order valence-electron chi connectivity index (χ4n) is 2.70. The molecule has 0 heterocycles. The van der Waals surface area contributed by atoms with Crippen molar-refractivity contribution in [1.29, 1.82) is 0 Å². The van der Waals surface area contributed by atoms with Crippen molar-refractivity contribution in [2.45, 2.75) is 25.9 Å². The quantitative estimate of drug-likeness (QED) is 0.551. The van der Waals surface area contributed by atoms with E-state index in [0.717, 1.165) is 12.8 Å². The van der Waals surface area contributed by atoms with Gasteiger partial charge in [0.05, 0.1) is 0 Å². The number of amides is 3. The van der Waals surface area contributed by atoms with Crippen LogP contribution >= 0.6 is 0 Å². The summed E-state index contributed by atoms with van der Waals surface area (Å²) in [5.41, 5.74) is 0.938. The Balaban J connectivity index is 1.43. The Morgan fingerprint density at radius 1 is 1.07 bits per heavy atom. The summed E-state index contributed by atoms with van der Waals surface area (Å²) in [4.78, 5) is 35.9. The van der Waals surface area contributed by atoms with E-state index in [1.807, 2.05) is 0 Å². The molecule has 0 saturated heterocycles. The fraction of sp³-hybridized carbons (Fsp3) is 0.318. The van der Waals surface area contributed by atoms with E-state index in [2.05, 4.69) is 16.0 Å². The second-order valence-electron chi connectivity index (χ2n) is 7.11. The molecule has 0 radical (unpaired) electrons. The van der Waals surface area contributed by atoms with Gasteiger partial charge < -0.3 is 20.7 Å². The van der Waals surface area contributed by atoms with Crippen molar-refractivity contribution in [3.05, 3.63) is 59.9 Å². The van der Waals surface area contributed by atoms with Crippen LogP contribution in [0.1, 0.15) is 30.1 Å². The molecule has 158 valence electrons. The van der Waals surface area contributed by atoms with E-state index in [4.69, 9.17) is 4.74 Å². The van der Waals surface area contributed by atoms with Crippen molar-refractivity contribution in [3.63, 3.8) is 0 Å². The van der Waals surface area contributed by atoms with Gasteiger partial charge >= 0.3 is 0 Å². The summed E-state index contributed by atoms with van der Waals surface area (Å²) < 4.78 is 18.6. The molecule has 0 aromatic heterocycles. The van der Waals surface area contributed by atoms with Gasteiger partial charge in [-0.1, -0.05) is 6.07 Å². The lowest BCUT2D eigenvalue weighted by Crippen LogP contribution is -2.35. The van der Waals surface area contributed by atoms with Crippen LogP contribution in [0.5, 0.6) is 5.75 Å². The summed E-state index contributed by atoms with van der Waals surface area (Å²) in [6.45, 7) is 2.28. The number of anilines is 1. The smallest absolute Gasteiger partial charge is 0.265 e. The molecule has 2 aromatic rings. The third-order valence-corrected chi connectivity index (χ3v) is 4.55. The van der Waals surface area contributed by atoms with Crippen LogP contribution in [0.4, 0.5) is 10.1 Å². The van der Waals surface area contributed by atoms with Crippen molar-refractivity contribution in [2.75, 3.05) is 18.4 Å². The number of hydrogen-bond acceptors (Lipinski definition) is 4. The second-order valence-corrected chi connectivity index (χ2v) is 7.11. The van der Waals surface area contributed by atoms with Crippen LogP contribution in [-0.4, -0.2) is 36.9 Å². The number of carbonyl (C=O) groups excluding carboxylic acids is 3. The molecular weight excluding hydrogens is 389 g/mol. The number of benzene rings is 2. The van der Waals surface area contributed by atoms with Crippen LogP contribution in [0.2, 0.25) is 0 Å². The lowest BCUT2D eigenvalue weighted by atomic mass is 10.2. The average Bonchev–Trinajstić information content (AvgIpc) is 3.57. The van der Waals surface area contributed by atoms with Gasteiger partial charge in [0, 0.05) is 36.3 Å². The van der Waals surface area contributed by atoms with Crippen LogP contribution in [0.3, 0.4) is 0 Å². The molecule has 30 heavy (non-hydrogen) atoms. The molecule has 0 spiro atoms. The molecule has 1 unspecified atom stereocenters. The minimum atomic E-state index is -0.833. The summed E-state index contributed by atoms with van der Waals surface area (Å²) in [5.74, 6) is -0.665. The fourth-order valence-corrected chi connectivity index (χ4v) is 2.70. The van der Waals surface area contributed by atoms with Crippen molar-refractivity contribution in [2.24, 2.45) is 5.92 Å². The van der Waals surface area contributed by atoms with Gasteiger partial charge in [-0.05, 0) is 56.2 Å². The Hall–Kier alpha value is -3.42. The highest BCUT2D eigenvalue weighted by Crippen LogP contribution is 2.28. The first kappa shape index (κ1) is 21.3. The zero-order chi connectivity index (χ0) is 21.5. The number of carbonyl (C=O) groups is 3. The Morgan fingerprint density at radius 2 is 1.77 bits per heavy atom. The normalized spacial score (nSPS) is 13.8. The van der Waals surface area contributed by atoms with Gasteiger partial charge in [0.15, 0.2) is 6.10 Å². The van der Waals surface area contributed by atoms with Gasteiger partial charge in [0.25, 0.3) is 11.8 Å². The van der Waals surface area contributed by atoms with Gasteiger partial charge in [-0.2, -0.15) is 0 Å². The van der Waals surface area contributed by atoms with E-state index in [-0.39, 0.29) is 23.5 Å². The van der Waals surface area contributed by atoms with Gasteiger partial charge in [0.2, 0.25) is 5.91 Å². The number of halogens is 1. The highest BCUT2D eigenvalue weighted by molar-refractivity contribution is 5.96. The van der Waals surface area contributed by atoms with Crippen LogP contribution in [0, 0.1) is 11.7 Å². The summed E-state index contributed by atoms with van der Waals surface area (Å²) in [5, 5.41) is 8.20. The summed E-state index contributed by atoms with van der Waals surface area (Å²) in [7, 11) is 0. The first-order valence-electron chi connectivity index (χ1n) is 9.81. The van der Waals surface area contributed by atoms with E-state index in [9.17, 15) is 18.8 Å². The van der Waals surface area contributed by atoms with E-state index in [0.29, 0.717) is 24.3 Å². The number of hydrogen-bond donors (Lipinski definition) is 3. The third kappa shape index (κ3) is 6.30. The van der Waals surface area contributed by atoms with Crippen LogP contribution in [0.15, 0.2) is 48.5 Å². The highest BCUT2D eigenvalue weighted by atomic mass is 19.1.